The van der Waals surface area contributed by atoms with E-state index in [1.807, 2.05) is 0 Å². The van der Waals surface area contributed by atoms with Gasteiger partial charge in [0.1, 0.15) is 22.7 Å². The van der Waals surface area contributed by atoms with Crippen LogP contribution in [0.4, 0.5) is 0 Å². The van der Waals surface area contributed by atoms with E-state index in [9.17, 15) is 9.59 Å². The van der Waals surface area contributed by atoms with Crippen LogP contribution in [-0.2, 0) is 4.74 Å². The Hall–Kier alpha value is -2.31. The highest BCUT2D eigenvalue weighted by Crippen LogP contribution is 2.35. The van der Waals surface area contributed by atoms with Crippen LogP contribution in [-0.4, -0.2) is 25.0 Å². The zero-order valence-corrected chi connectivity index (χ0v) is 17.0. The third kappa shape index (κ3) is 4.17. The molecular weight excluding hydrogens is 436 g/mol. The van der Waals surface area contributed by atoms with Crippen molar-refractivity contribution in [2.45, 2.75) is 13.8 Å². The fourth-order valence-electron chi connectivity index (χ4n) is 2.65. The predicted octanol–water partition coefficient (Wildman–Crippen LogP) is 5.60. The van der Waals surface area contributed by atoms with Crippen LogP contribution in [0.25, 0.3) is 11.0 Å². The van der Waals surface area contributed by atoms with Crippen LogP contribution in [0, 0.1) is 6.92 Å². The number of benzene rings is 2. The van der Waals surface area contributed by atoms with Gasteiger partial charge in [0.25, 0.3) is 0 Å². The maximum Gasteiger partial charge on any atom is 0.342 e. The van der Waals surface area contributed by atoms with Crippen LogP contribution in [0.5, 0.6) is 5.75 Å². The molecule has 0 atom stereocenters. The topological polar surface area (TPSA) is 65.7 Å². The molecule has 0 spiro atoms. The Kier molecular flexibility index (Phi) is 5.87. The van der Waals surface area contributed by atoms with E-state index in [1.165, 1.54) is 0 Å². The summed E-state index contributed by atoms with van der Waals surface area (Å²) in [5.41, 5.74) is 1.38. The van der Waals surface area contributed by atoms with Crippen LogP contribution in [0.2, 0.25) is 5.02 Å². The molecule has 3 aromatic rings. The second kappa shape index (κ2) is 8.15. The van der Waals surface area contributed by atoms with Crippen LogP contribution in [0.1, 0.15) is 33.4 Å². The minimum absolute atomic E-state index is 0.155. The smallest absolute Gasteiger partial charge is 0.342 e. The number of hydrogen-bond acceptors (Lipinski definition) is 5. The lowest BCUT2D eigenvalue weighted by Crippen LogP contribution is -2.11. The molecule has 0 fully saturated rings. The summed E-state index contributed by atoms with van der Waals surface area (Å²) in [7, 11) is 0. The normalized spacial score (nSPS) is 10.8. The van der Waals surface area contributed by atoms with Crippen molar-refractivity contribution < 1.29 is 23.5 Å². The van der Waals surface area contributed by atoms with Gasteiger partial charge in [-0.15, -0.1) is 0 Å². The molecule has 1 heterocycles. The summed E-state index contributed by atoms with van der Waals surface area (Å²) in [5.74, 6) is 0.243. The van der Waals surface area contributed by atoms with Gasteiger partial charge in [-0.1, -0.05) is 11.6 Å². The van der Waals surface area contributed by atoms with E-state index in [-0.39, 0.29) is 19.0 Å². The monoisotopic (exact) mass is 450 g/mol. The van der Waals surface area contributed by atoms with Crippen LogP contribution < -0.4 is 4.74 Å². The zero-order valence-electron chi connectivity index (χ0n) is 14.7. The Morgan fingerprint density at radius 2 is 1.89 bits per heavy atom. The lowest BCUT2D eigenvalue weighted by Gasteiger charge is -2.08. The maximum atomic E-state index is 12.3. The molecule has 3 rings (SSSR count). The fraction of sp³-hybridized carbons (Fsp3) is 0.200. The molecule has 0 aliphatic carbocycles. The average Bonchev–Trinajstić information content (AvgIpc) is 2.94. The summed E-state index contributed by atoms with van der Waals surface area (Å²) < 4.78 is 17.0. The fourth-order valence-corrected chi connectivity index (χ4v) is 3.21. The summed E-state index contributed by atoms with van der Waals surface area (Å²) in [5, 5.41) is 1.13. The number of carbonyl (C=O) groups is 2. The van der Waals surface area contributed by atoms with Gasteiger partial charge in [-0.05, 0) is 66.2 Å². The SMILES string of the molecule is CCOC(=O)c1c(C)oc2cc(Br)c(OCC(=O)c3ccc(Cl)cc3)cc12. The van der Waals surface area contributed by atoms with Crippen molar-refractivity contribution in [1.29, 1.82) is 0 Å². The van der Waals surface area contributed by atoms with Crippen molar-refractivity contribution >= 4 is 50.3 Å². The Bertz CT molecular complexity index is 1010. The van der Waals surface area contributed by atoms with Crippen molar-refractivity contribution in [1.82, 2.24) is 0 Å². The second-order valence-electron chi connectivity index (χ2n) is 5.75. The van der Waals surface area contributed by atoms with Crippen LogP contribution in [0.3, 0.4) is 0 Å². The highest BCUT2D eigenvalue weighted by Gasteiger charge is 2.21. The van der Waals surface area contributed by atoms with Crippen molar-refractivity contribution in [2.75, 3.05) is 13.2 Å². The molecule has 0 amide bonds. The third-order valence-electron chi connectivity index (χ3n) is 3.92. The first-order chi connectivity index (χ1) is 12.9. The maximum absolute atomic E-state index is 12.3. The summed E-state index contributed by atoms with van der Waals surface area (Å²) in [6.07, 6.45) is 0. The van der Waals surface area contributed by atoms with Gasteiger partial charge in [0, 0.05) is 16.0 Å². The van der Waals surface area contributed by atoms with Gasteiger partial charge in [0.05, 0.1) is 11.1 Å². The van der Waals surface area contributed by atoms with Gasteiger partial charge in [-0.2, -0.15) is 0 Å². The molecule has 27 heavy (non-hydrogen) atoms. The second-order valence-corrected chi connectivity index (χ2v) is 7.04. The molecule has 0 aliphatic rings. The number of aryl methyl sites for hydroxylation is 1. The zero-order chi connectivity index (χ0) is 19.6. The minimum Gasteiger partial charge on any atom is -0.484 e. The molecule has 0 saturated carbocycles. The number of fused-ring (bicyclic) bond motifs is 1. The van der Waals surface area contributed by atoms with E-state index in [0.717, 1.165) is 0 Å². The highest BCUT2D eigenvalue weighted by molar-refractivity contribution is 9.10. The van der Waals surface area contributed by atoms with E-state index >= 15 is 0 Å². The number of carbonyl (C=O) groups excluding carboxylic acids is 2. The van der Waals surface area contributed by atoms with E-state index < -0.39 is 5.97 Å². The number of rotatable bonds is 6. The van der Waals surface area contributed by atoms with E-state index in [0.29, 0.717) is 43.1 Å². The van der Waals surface area contributed by atoms with Crippen LogP contribution >= 0.6 is 27.5 Å². The standard InChI is InChI=1S/C20H16BrClO5/c1-3-25-20(24)19-11(2)27-17-9-15(21)18(8-14(17)19)26-10-16(23)12-4-6-13(22)7-5-12/h4-9H,3,10H2,1-2H3. The summed E-state index contributed by atoms with van der Waals surface area (Å²) in [4.78, 5) is 24.5. The lowest BCUT2D eigenvalue weighted by atomic mass is 10.1. The molecule has 5 nitrogen and oxygen atoms in total. The molecule has 0 saturated heterocycles. The van der Waals surface area contributed by atoms with Gasteiger partial charge < -0.3 is 13.9 Å². The van der Waals surface area contributed by atoms with Gasteiger partial charge in [0.2, 0.25) is 0 Å². The minimum atomic E-state index is -0.459. The van der Waals surface area contributed by atoms with Crippen LogP contribution in [0.15, 0.2) is 45.3 Å². The van der Waals surface area contributed by atoms with E-state index in [2.05, 4.69) is 15.9 Å². The Labute approximate surface area is 169 Å². The first-order valence-electron chi connectivity index (χ1n) is 8.22. The highest BCUT2D eigenvalue weighted by atomic mass is 79.9. The molecule has 140 valence electrons. The Morgan fingerprint density at radius 3 is 2.56 bits per heavy atom. The molecule has 0 radical (unpaired) electrons. The molecule has 2 aromatic carbocycles. The molecule has 0 N–H and O–H groups in total. The van der Waals surface area contributed by atoms with Gasteiger partial charge in [-0.25, -0.2) is 4.79 Å². The molecule has 7 heteroatoms. The Balaban J connectivity index is 1.87. The predicted molar refractivity (Wildman–Crippen MR) is 106 cm³/mol. The molecule has 0 aliphatic heterocycles. The Morgan fingerprint density at radius 1 is 1.19 bits per heavy atom. The molecule has 0 bridgehead atoms. The number of esters is 1. The molecular formula is C20H16BrClO5. The number of ether oxygens (including phenoxy) is 2. The van der Waals surface area contributed by atoms with Gasteiger partial charge in [-0.3, -0.25) is 4.79 Å². The first kappa shape index (κ1) is 19.5. The summed E-state index contributed by atoms with van der Waals surface area (Å²) >= 11 is 9.24. The van der Waals surface area contributed by atoms with E-state index in [1.54, 1.807) is 50.2 Å². The summed E-state index contributed by atoms with van der Waals surface area (Å²) in [6.45, 7) is 3.55. The quantitative estimate of drug-likeness (QED) is 0.361. The first-order valence-corrected chi connectivity index (χ1v) is 9.39. The number of hydrogen-bond donors (Lipinski definition) is 0. The van der Waals surface area contributed by atoms with Crippen molar-refractivity contribution in [3.8, 4) is 5.75 Å². The lowest BCUT2D eigenvalue weighted by molar-refractivity contribution is 0.0526. The molecule has 0 unspecified atom stereocenters. The summed E-state index contributed by atoms with van der Waals surface area (Å²) in [6, 6.07) is 9.95. The third-order valence-corrected chi connectivity index (χ3v) is 4.79. The van der Waals surface area contributed by atoms with Crippen molar-refractivity contribution in [3.05, 3.63) is 62.8 Å². The number of ketones is 1. The van der Waals surface area contributed by atoms with Gasteiger partial charge in [0.15, 0.2) is 12.4 Å². The van der Waals surface area contributed by atoms with Crippen molar-refractivity contribution in [3.63, 3.8) is 0 Å². The molecule has 1 aromatic heterocycles. The largest absolute Gasteiger partial charge is 0.484 e. The number of halogens is 2. The van der Waals surface area contributed by atoms with Crippen molar-refractivity contribution in [2.24, 2.45) is 0 Å². The van der Waals surface area contributed by atoms with Gasteiger partial charge >= 0.3 is 5.97 Å². The number of furan rings is 1. The average molecular weight is 452 g/mol. The number of Topliss-reactive ketones (excluding diaryl/α,β-unsaturated/α-hetero) is 1. The van der Waals surface area contributed by atoms with E-state index in [4.69, 9.17) is 25.5 Å².